The summed E-state index contributed by atoms with van der Waals surface area (Å²) >= 11 is 0. The molecule has 0 aromatic heterocycles. The first-order valence-electron chi connectivity index (χ1n) is 5.20. The molecule has 1 aliphatic rings. The molecule has 4 nitrogen and oxygen atoms in total. The monoisotopic (exact) mass is 208 g/mol. The van der Waals surface area contributed by atoms with Crippen molar-refractivity contribution in [1.29, 1.82) is 0 Å². The second-order valence-electron chi connectivity index (χ2n) is 3.62. The lowest BCUT2D eigenvalue weighted by molar-refractivity contribution is -0.133. The minimum absolute atomic E-state index is 0.0505. The Labute approximate surface area is 90.0 Å². The summed E-state index contributed by atoms with van der Waals surface area (Å²) in [6, 6.07) is -0.364. The Kier molecular flexibility index (Phi) is 4.17. The minimum atomic E-state index is -0.364. The highest BCUT2D eigenvalue weighted by molar-refractivity contribution is 5.90. The van der Waals surface area contributed by atoms with Gasteiger partial charge < -0.3 is 10.2 Å². The second-order valence-corrected chi connectivity index (χ2v) is 3.62. The second kappa shape index (κ2) is 5.40. The Hall–Kier alpha value is -1.50. The van der Waals surface area contributed by atoms with Crippen LogP contribution in [-0.4, -0.2) is 35.8 Å². The van der Waals surface area contributed by atoms with Gasteiger partial charge in [0.2, 0.25) is 11.8 Å². The zero-order chi connectivity index (χ0) is 11.3. The van der Waals surface area contributed by atoms with Crippen LogP contribution in [0.4, 0.5) is 0 Å². The number of carbonyl (C=O) groups is 2. The van der Waals surface area contributed by atoms with E-state index in [-0.39, 0.29) is 17.9 Å². The molecule has 0 spiro atoms. The molecule has 1 aliphatic heterocycles. The number of hydrogen-bond acceptors (Lipinski definition) is 2. The van der Waals surface area contributed by atoms with Crippen molar-refractivity contribution in [1.82, 2.24) is 10.2 Å². The highest BCUT2D eigenvalue weighted by Crippen LogP contribution is 2.09. The zero-order valence-electron chi connectivity index (χ0n) is 8.95. The average molecular weight is 208 g/mol. The maximum absolute atomic E-state index is 11.9. The molecule has 1 N–H and O–H groups in total. The van der Waals surface area contributed by atoms with Gasteiger partial charge in [-0.1, -0.05) is 12.8 Å². The van der Waals surface area contributed by atoms with Crippen molar-refractivity contribution in [2.24, 2.45) is 0 Å². The fourth-order valence-corrected chi connectivity index (χ4v) is 1.67. The molecule has 4 heteroatoms. The number of nitrogens with one attached hydrogen (secondary N) is 1. The van der Waals surface area contributed by atoms with Crippen molar-refractivity contribution in [2.75, 3.05) is 13.1 Å². The van der Waals surface area contributed by atoms with Crippen LogP contribution in [0.2, 0.25) is 0 Å². The molecule has 82 valence electrons. The summed E-state index contributed by atoms with van der Waals surface area (Å²) in [4.78, 5) is 24.5. The summed E-state index contributed by atoms with van der Waals surface area (Å²) in [5.74, 6) is 2.36. The van der Waals surface area contributed by atoms with Crippen molar-refractivity contribution >= 4 is 11.8 Å². The van der Waals surface area contributed by atoms with E-state index in [4.69, 9.17) is 6.42 Å². The van der Waals surface area contributed by atoms with Crippen LogP contribution in [-0.2, 0) is 9.59 Å². The molecule has 0 aromatic carbocycles. The molecule has 1 heterocycles. The molecular weight excluding hydrogens is 192 g/mol. The van der Waals surface area contributed by atoms with Gasteiger partial charge in [0, 0.05) is 13.0 Å². The summed E-state index contributed by atoms with van der Waals surface area (Å²) in [5, 5.41) is 2.65. The van der Waals surface area contributed by atoms with E-state index < -0.39 is 0 Å². The van der Waals surface area contributed by atoms with Crippen molar-refractivity contribution in [3.05, 3.63) is 0 Å². The van der Waals surface area contributed by atoms with Crippen LogP contribution in [0.5, 0.6) is 0 Å². The summed E-state index contributed by atoms with van der Waals surface area (Å²) in [7, 11) is 0. The number of rotatable bonds is 4. The standard InChI is InChI=1S/C11H16N2O2/c1-3-7-13(8-4-2)11(15)9-5-6-10(14)12-9/h1,9H,4-8H2,2H3,(H,12,14)/t9-/m0/s1. The summed E-state index contributed by atoms with van der Waals surface area (Å²) < 4.78 is 0. The third-order valence-corrected chi connectivity index (χ3v) is 2.38. The minimum Gasteiger partial charge on any atom is -0.344 e. The van der Waals surface area contributed by atoms with Gasteiger partial charge in [0.05, 0.1) is 6.54 Å². The summed E-state index contributed by atoms with van der Waals surface area (Å²) in [6.45, 7) is 2.96. The molecule has 1 saturated heterocycles. The van der Waals surface area contributed by atoms with E-state index in [9.17, 15) is 9.59 Å². The Bertz CT molecular complexity index is 293. The van der Waals surface area contributed by atoms with E-state index in [2.05, 4.69) is 11.2 Å². The van der Waals surface area contributed by atoms with Crippen molar-refractivity contribution in [3.8, 4) is 12.3 Å². The molecule has 0 saturated carbocycles. The van der Waals surface area contributed by atoms with Crippen LogP contribution in [0.1, 0.15) is 26.2 Å². The van der Waals surface area contributed by atoms with Gasteiger partial charge in [-0.05, 0) is 12.8 Å². The van der Waals surface area contributed by atoms with Crippen LogP contribution >= 0.6 is 0 Å². The van der Waals surface area contributed by atoms with E-state index in [1.54, 1.807) is 4.90 Å². The largest absolute Gasteiger partial charge is 0.344 e. The molecule has 15 heavy (non-hydrogen) atoms. The van der Waals surface area contributed by atoms with Crippen LogP contribution < -0.4 is 5.32 Å². The third-order valence-electron chi connectivity index (χ3n) is 2.38. The van der Waals surface area contributed by atoms with Gasteiger partial charge in [-0.3, -0.25) is 9.59 Å². The highest BCUT2D eigenvalue weighted by atomic mass is 16.2. The Morgan fingerprint density at radius 3 is 2.93 bits per heavy atom. The van der Waals surface area contributed by atoms with E-state index in [1.165, 1.54) is 0 Å². The predicted molar refractivity (Wildman–Crippen MR) is 56.9 cm³/mol. The molecule has 1 rings (SSSR count). The van der Waals surface area contributed by atoms with Crippen LogP contribution in [0.15, 0.2) is 0 Å². The molecular formula is C11H16N2O2. The third kappa shape index (κ3) is 2.98. The van der Waals surface area contributed by atoms with Crippen molar-refractivity contribution < 1.29 is 9.59 Å². The molecule has 0 unspecified atom stereocenters. The SMILES string of the molecule is C#CCN(CCC)C(=O)[C@@H]1CCC(=O)N1. The van der Waals surface area contributed by atoms with Crippen LogP contribution in [0.25, 0.3) is 0 Å². The Morgan fingerprint density at radius 1 is 1.73 bits per heavy atom. The van der Waals surface area contributed by atoms with E-state index in [1.807, 2.05) is 6.92 Å². The number of amides is 2. The van der Waals surface area contributed by atoms with Gasteiger partial charge in [-0.2, -0.15) is 0 Å². The molecule has 0 radical (unpaired) electrons. The predicted octanol–water partition coefficient (Wildman–Crippen LogP) is 0.137. The summed E-state index contributed by atoms with van der Waals surface area (Å²) in [5.41, 5.74) is 0. The number of terminal acetylenes is 1. The lowest BCUT2D eigenvalue weighted by Crippen LogP contribution is -2.44. The fraction of sp³-hybridized carbons (Fsp3) is 0.636. The Morgan fingerprint density at radius 2 is 2.47 bits per heavy atom. The van der Waals surface area contributed by atoms with E-state index in [0.29, 0.717) is 25.9 Å². The number of hydrogen-bond donors (Lipinski definition) is 1. The fourth-order valence-electron chi connectivity index (χ4n) is 1.67. The quantitative estimate of drug-likeness (QED) is 0.668. The first-order chi connectivity index (χ1) is 7.19. The topological polar surface area (TPSA) is 49.4 Å². The van der Waals surface area contributed by atoms with Gasteiger partial charge in [0.15, 0.2) is 0 Å². The van der Waals surface area contributed by atoms with Gasteiger partial charge in [0.1, 0.15) is 6.04 Å². The van der Waals surface area contributed by atoms with Gasteiger partial charge in [-0.25, -0.2) is 0 Å². The van der Waals surface area contributed by atoms with Crippen LogP contribution in [0.3, 0.4) is 0 Å². The maximum atomic E-state index is 11.9. The number of nitrogens with zero attached hydrogens (tertiary/aromatic N) is 1. The highest BCUT2D eigenvalue weighted by Gasteiger charge is 2.29. The van der Waals surface area contributed by atoms with Crippen molar-refractivity contribution in [3.63, 3.8) is 0 Å². The maximum Gasteiger partial charge on any atom is 0.245 e. The molecule has 0 bridgehead atoms. The zero-order valence-corrected chi connectivity index (χ0v) is 8.95. The van der Waals surface area contributed by atoms with Crippen molar-refractivity contribution in [2.45, 2.75) is 32.2 Å². The molecule has 1 fully saturated rings. The van der Waals surface area contributed by atoms with Gasteiger partial charge in [-0.15, -0.1) is 6.42 Å². The van der Waals surface area contributed by atoms with Gasteiger partial charge >= 0.3 is 0 Å². The lowest BCUT2D eigenvalue weighted by Gasteiger charge is -2.22. The van der Waals surface area contributed by atoms with E-state index in [0.717, 1.165) is 6.42 Å². The Balaban J connectivity index is 2.55. The normalized spacial score (nSPS) is 19.5. The van der Waals surface area contributed by atoms with Gasteiger partial charge in [0.25, 0.3) is 0 Å². The average Bonchev–Trinajstić information content (AvgIpc) is 2.63. The summed E-state index contributed by atoms with van der Waals surface area (Å²) in [6.07, 6.45) is 7.08. The lowest BCUT2D eigenvalue weighted by atomic mass is 10.2. The van der Waals surface area contributed by atoms with Crippen LogP contribution in [0, 0.1) is 12.3 Å². The smallest absolute Gasteiger partial charge is 0.245 e. The first kappa shape index (κ1) is 11.6. The first-order valence-corrected chi connectivity index (χ1v) is 5.20. The molecule has 0 aliphatic carbocycles. The van der Waals surface area contributed by atoms with E-state index >= 15 is 0 Å². The molecule has 1 atom stereocenters. The molecule has 0 aromatic rings. The molecule has 2 amide bonds. The number of carbonyl (C=O) groups excluding carboxylic acids is 2.